The van der Waals surface area contributed by atoms with Crippen LogP contribution in [0.25, 0.3) is 0 Å². The lowest BCUT2D eigenvalue weighted by Crippen LogP contribution is -2.51. The largest absolute Gasteiger partial charge is 0.340 e. The highest BCUT2D eigenvalue weighted by molar-refractivity contribution is 7.12. The molecule has 0 unspecified atom stereocenters. The standard InChI is InChI=1S/C20H25N3O2S2/c24-19(23-11-9-21(10-12-23)15-17-3-1-13-26-17)16-5-7-22(8-6-16)20(25)18-4-2-14-27-18/h1-4,13-14,16H,5-12,15H2. The molecular weight excluding hydrogens is 378 g/mol. The van der Waals surface area contributed by atoms with Gasteiger partial charge in [0.1, 0.15) is 0 Å². The van der Waals surface area contributed by atoms with E-state index in [0.717, 1.165) is 50.4 Å². The minimum absolute atomic E-state index is 0.0706. The van der Waals surface area contributed by atoms with Crippen LogP contribution in [0.3, 0.4) is 0 Å². The van der Waals surface area contributed by atoms with E-state index in [4.69, 9.17) is 0 Å². The molecule has 0 saturated carbocycles. The lowest BCUT2D eigenvalue weighted by atomic mass is 9.95. The van der Waals surface area contributed by atoms with Gasteiger partial charge in [-0.3, -0.25) is 14.5 Å². The van der Waals surface area contributed by atoms with Crippen LogP contribution in [-0.4, -0.2) is 65.8 Å². The Morgan fingerprint density at radius 2 is 1.59 bits per heavy atom. The predicted octanol–water partition coefficient (Wildman–Crippen LogP) is 3.01. The van der Waals surface area contributed by atoms with E-state index in [1.54, 1.807) is 11.3 Å². The Labute approximate surface area is 168 Å². The van der Waals surface area contributed by atoms with Crippen LogP contribution in [-0.2, 0) is 11.3 Å². The summed E-state index contributed by atoms with van der Waals surface area (Å²) in [5, 5.41) is 4.05. The van der Waals surface area contributed by atoms with Gasteiger partial charge in [0.2, 0.25) is 5.91 Å². The van der Waals surface area contributed by atoms with Crippen LogP contribution in [0.2, 0.25) is 0 Å². The molecular formula is C20H25N3O2S2. The van der Waals surface area contributed by atoms with E-state index in [-0.39, 0.29) is 17.7 Å². The molecule has 2 aromatic rings. The zero-order chi connectivity index (χ0) is 18.6. The first-order valence-corrected chi connectivity index (χ1v) is 11.3. The van der Waals surface area contributed by atoms with Gasteiger partial charge in [-0.1, -0.05) is 12.1 Å². The maximum Gasteiger partial charge on any atom is 0.263 e. The fraction of sp³-hybridized carbons (Fsp3) is 0.500. The number of hydrogen-bond donors (Lipinski definition) is 0. The van der Waals surface area contributed by atoms with E-state index in [0.29, 0.717) is 13.1 Å². The minimum Gasteiger partial charge on any atom is -0.340 e. The van der Waals surface area contributed by atoms with Crippen molar-refractivity contribution in [1.29, 1.82) is 0 Å². The third-order valence-corrected chi connectivity index (χ3v) is 7.23. The fourth-order valence-electron chi connectivity index (χ4n) is 3.89. The van der Waals surface area contributed by atoms with Crippen LogP contribution in [0, 0.1) is 5.92 Å². The predicted molar refractivity (Wildman–Crippen MR) is 109 cm³/mol. The maximum atomic E-state index is 12.9. The second-order valence-corrected chi connectivity index (χ2v) is 9.20. The molecule has 0 N–H and O–H groups in total. The molecule has 0 aliphatic carbocycles. The first-order chi connectivity index (χ1) is 13.2. The molecule has 2 saturated heterocycles. The first-order valence-electron chi connectivity index (χ1n) is 9.57. The molecule has 144 valence electrons. The van der Waals surface area contributed by atoms with Crippen molar-refractivity contribution >= 4 is 34.5 Å². The molecule has 2 aliphatic rings. The Balaban J connectivity index is 1.23. The summed E-state index contributed by atoms with van der Waals surface area (Å²) in [6, 6.07) is 8.05. The van der Waals surface area contributed by atoms with Gasteiger partial charge in [-0.05, 0) is 35.7 Å². The highest BCUT2D eigenvalue weighted by Gasteiger charge is 2.32. The topological polar surface area (TPSA) is 43.9 Å². The zero-order valence-electron chi connectivity index (χ0n) is 15.4. The molecule has 0 spiro atoms. The molecule has 0 aromatic carbocycles. The van der Waals surface area contributed by atoms with E-state index in [9.17, 15) is 9.59 Å². The van der Waals surface area contributed by atoms with Gasteiger partial charge in [0.05, 0.1) is 4.88 Å². The van der Waals surface area contributed by atoms with Gasteiger partial charge < -0.3 is 9.80 Å². The van der Waals surface area contributed by atoms with Gasteiger partial charge in [0, 0.05) is 56.6 Å². The number of piperazine rings is 1. The number of piperidine rings is 1. The second kappa shape index (κ2) is 8.54. The molecule has 4 heterocycles. The van der Waals surface area contributed by atoms with Crippen LogP contribution in [0.5, 0.6) is 0 Å². The second-order valence-electron chi connectivity index (χ2n) is 7.22. The molecule has 2 fully saturated rings. The summed E-state index contributed by atoms with van der Waals surface area (Å²) >= 11 is 3.28. The Kier molecular flexibility index (Phi) is 5.90. The zero-order valence-corrected chi connectivity index (χ0v) is 17.0. The average Bonchev–Trinajstić information content (AvgIpc) is 3.42. The van der Waals surface area contributed by atoms with Gasteiger partial charge in [-0.15, -0.1) is 22.7 Å². The van der Waals surface area contributed by atoms with Crippen LogP contribution in [0.15, 0.2) is 35.0 Å². The quantitative estimate of drug-likeness (QED) is 0.788. The van der Waals surface area contributed by atoms with Gasteiger partial charge >= 0.3 is 0 Å². The average molecular weight is 404 g/mol. The van der Waals surface area contributed by atoms with E-state index in [1.165, 1.54) is 16.2 Å². The highest BCUT2D eigenvalue weighted by Crippen LogP contribution is 2.23. The van der Waals surface area contributed by atoms with Crippen LogP contribution >= 0.6 is 22.7 Å². The summed E-state index contributed by atoms with van der Waals surface area (Å²) in [7, 11) is 0. The summed E-state index contributed by atoms with van der Waals surface area (Å²) in [6.07, 6.45) is 1.57. The SMILES string of the molecule is O=C(c1cccs1)N1CCC(C(=O)N2CCN(Cc3cccs3)CC2)CC1. The molecule has 2 amide bonds. The Bertz CT molecular complexity index is 744. The highest BCUT2D eigenvalue weighted by atomic mass is 32.1. The van der Waals surface area contributed by atoms with Crippen molar-refractivity contribution in [2.75, 3.05) is 39.3 Å². The summed E-state index contributed by atoms with van der Waals surface area (Å²) in [4.78, 5) is 33.9. The van der Waals surface area contributed by atoms with Crippen molar-refractivity contribution < 1.29 is 9.59 Å². The lowest BCUT2D eigenvalue weighted by Gasteiger charge is -2.38. The van der Waals surface area contributed by atoms with Crippen molar-refractivity contribution in [3.05, 3.63) is 44.8 Å². The fourth-order valence-corrected chi connectivity index (χ4v) is 5.33. The van der Waals surface area contributed by atoms with Crippen LogP contribution in [0.1, 0.15) is 27.4 Å². The third kappa shape index (κ3) is 4.42. The van der Waals surface area contributed by atoms with Gasteiger partial charge in [-0.2, -0.15) is 0 Å². The molecule has 5 nitrogen and oxygen atoms in total. The molecule has 0 bridgehead atoms. The number of carbonyl (C=O) groups is 2. The van der Waals surface area contributed by atoms with Gasteiger partial charge in [0.25, 0.3) is 5.91 Å². The first kappa shape index (κ1) is 18.7. The van der Waals surface area contributed by atoms with Crippen molar-refractivity contribution in [2.45, 2.75) is 19.4 Å². The molecule has 0 radical (unpaired) electrons. The Morgan fingerprint density at radius 3 is 2.22 bits per heavy atom. The number of carbonyl (C=O) groups excluding carboxylic acids is 2. The number of hydrogen-bond acceptors (Lipinski definition) is 5. The van der Waals surface area contributed by atoms with Crippen molar-refractivity contribution in [3.63, 3.8) is 0 Å². The summed E-state index contributed by atoms with van der Waals surface area (Å²) in [6.45, 7) is 5.88. The molecule has 4 rings (SSSR count). The summed E-state index contributed by atoms with van der Waals surface area (Å²) in [5.74, 6) is 0.466. The monoisotopic (exact) mass is 403 g/mol. The van der Waals surface area contributed by atoms with Crippen LogP contribution < -0.4 is 0 Å². The Morgan fingerprint density at radius 1 is 0.889 bits per heavy atom. The van der Waals surface area contributed by atoms with Gasteiger partial charge in [-0.25, -0.2) is 0 Å². The molecule has 2 aromatic heterocycles. The number of nitrogens with zero attached hydrogens (tertiary/aromatic N) is 3. The van der Waals surface area contributed by atoms with Crippen molar-refractivity contribution in [3.8, 4) is 0 Å². The maximum absolute atomic E-state index is 12.9. The number of thiophene rings is 2. The minimum atomic E-state index is 0.0706. The van der Waals surface area contributed by atoms with Crippen LogP contribution in [0.4, 0.5) is 0 Å². The van der Waals surface area contributed by atoms with E-state index in [1.807, 2.05) is 27.3 Å². The molecule has 7 heteroatoms. The summed E-state index contributed by atoms with van der Waals surface area (Å²) in [5.41, 5.74) is 0. The molecule has 2 aliphatic heterocycles. The lowest BCUT2D eigenvalue weighted by molar-refractivity contribution is -0.138. The number of rotatable bonds is 4. The van der Waals surface area contributed by atoms with Gasteiger partial charge in [0.15, 0.2) is 0 Å². The summed E-state index contributed by atoms with van der Waals surface area (Å²) < 4.78 is 0. The smallest absolute Gasteiger partial charge is 0.263 e. The van der Waals surface area contributed by atoms with E-state index < -0.39 is 0 Å². The van der Waals surface area contributed by atoms with Crippen molar-refractivity contribution in [2.24, 2.45) is 5.92 Å². The van der Waals surface area contributed by atoms with E-state index in [2.05, 4.69) is 22.4 Å². The number of amides is 2. The third-order valence-electron chi connectivity index (χ3n) is 5.51. The van der Waals surface area contributed by atoms with E-state index >= 15 is 0 Å². The number of likely N-dealkylation sites (tertiary alicyclic amines) is 1. The molecule has 0 atom stereocenters. The van der Waals surface area contributed by atoms with Crippen molar-refractivity contribution in [1.82, 2.24) is 14.7 Å². The Hall–Kier alpha value is -1.70. The normalized spacial score (nSPS) is 19.4. The molecule has 27 heavy (non-hydrogen) atoms.